The third-order valence-corrected chi connectivity index (χ3v) is 8.43. The van der Waals surface area contributed by atoms with Crippen LogP contribution in [0.4, 0.5) is 13.2 Å². The van der Waals surface area contributed by atoms with Crippen LogP contribution in [0.25, 0.3) is 11.1 Å². The summed E-state index contributed by atoms with van der Waals surface area (Å²) >= 11 is 3.21. The Morgan fingerprint density at radius 3 is 2.41 bits per heavy atom. The van der Waals surface area contributed by atoms with Gasteiger partial charge in [0.15, 0.2) is 5.82 Å². The van der Waals surface area contributed by atoms with Gasteiger partial charge in [0.1, 0.15) is 0 Å². The maximum absolute atomic E-state index is 13.0. The van der Waals surface area contributed by atoms with E-state index in [0.29, 0.717) is 10.7 Å². The molecule has 2 N–H and O–H groups in total. The fourth-order valence-corrected chi connectivity index (χ4v) is 6.71. The van der Waals surface area contributed by atoms with Crippen LogP contribution in [0.1, 0.15) is 62.1 Å². The molecule has 4 rings (SSSR count). The van der Waals surface area contributed by atoms with Crippen molar-refractivity contribution in [3.8, 4) is 11.1 Å². The quantitative estimate of drug-likeness (QED) is 0.219. The Morgan fingerprint density at radius 2 is 1.81 bits per heavy atom. The van der Waals surface area contributed by atoms with Gasteiger partial charge in [0.2, 0.25) is 0 Å². The average molecular weight is 546 g/mol. The van der Waals surface area contributed by atoms with Crippen LogP contribution in [-0.2, 0) is 12.7 Å². The van der Waals surface area contributed by atoms with E-state index in [9.17, 15) is 18.0 Å². The summed E-state index contributed by atoms with van der Waals surface area (Å²) in [6.45, 7) is 6.29. The van der Waals surface area contributed by atoms with Crippen LogP contribution in [-0.4, -0.2) is 26.5 Å². The molecule has 6 nitrogen and oxygen atoms in total. The first kappa shape index (κ1) is 26.9. The normalized spacial score (nSPS) is 12.5. The Hall–Kier alpha value is -3.18. The summed E-state index contributed by atoms with van der Waals surface area (Å²) < 4.78 is 38.9. The van der Waals surface area contributed by atoms with Crippen molar-refractivity contribution < 1.29 is 18.0 Å². The molecule has 0 fully saturated rings. The summed E-state index contributed by atoms with van der Waals surface area (Å²) in [4.78, 5) is 15.4. The van der Waals surface area contributed by atoms with Crippen molar-refractivity contribution >= 4 is 29.0 Å². The highest BCUT2D eigenvalue weighted by atomic mass is 32.2. The van der Waals surface area contributed by atoms with Crippen LogP contribution < -0.4 is 5.32 Å². The van der Waals surface area contributed by atoms with Gasteiger partial charge in [-0.2, -0.15) is 18.4 Å². The Bertz CT molecular complexity index is 1330. The molecule has 0 aliphatic carbocycles. The lowest BCUT2D eigenvalue weighted by molar-refractivity contribution is -0.137. The number of thiophene rings is 1. The zero-order chi connectivity index (χ0) is 26.6. The molecular weight excluding hydrogens is 519 g/mol. The number of nitrogens with zero attached hydrogens (tertiary/aromatic N) is 3. The molecule has 0 saturated carbocycles. The van der Waals surface area contributed by atoms with Crippen molar-refractivity contribution in [3.05, 3.63) is 80.8 Å². The lowest BCUT2D eigenvalue weighted by Crippen LogP contribution is -2.22. The number of amides is 1. The lowest BCUT2D eigenvalue weighted by atomic mass is 9.95. The number of nitrogens with one attached hydrogen (secondary N) is 2. The number of benzene rings is 2. The average Bonchev–Trinajstić information content (AvgIpc) is 3.54. The van der Waals surface area contributed by atoms with Crippen LogP contribution in [0.15, 0.2) is 53.4 Å². The smallest absolute Gasteiger partial charge is 0.344 e. The predicted molar refractivity (Wildman–Crippen MR) is 140 cm³/mol. The van der Waals surface area contributed by atoms with Gasteiger partial charge in [-0.1, -0.05) is 30.7 Å². The number of H-pyrrole nitrogens is 1. The summed E-state index contributed by atoms with van der Waals surface area (Å²) in [6.07, 6.45) is -2.43. The number of carbonyl (C=O) groups excluding carboxylic acids is 1. The Morgan fingerprint density at radius 1 is 1.11 bits per heavy atom. The van der Waals surface area contributed by atoms with E-state index in [1.165, 1.54) is 23.5 Å². The molecule has 0 aliphatic heterocycles. The number of aromatic amines is 1. The number of halogens is 3. The molecule has 1 amide bonds. The second-order valence-corrected chi connectivity index (χ2v) is 11.0. The van der Waals surface area contributed by atoms with Crippen molar-refractivity contribution in [1.82, 2.24) is 25.9 Å². The molecular formula is C26H26F3N5OS2. The zero-order valence-corrected chi connectivity index (χ0v) is 22.2. The van der Waals surface area contributed by atoms with E-state index in [-0.39, 0.29) is 17.7 Å². The molecule has 0 unspecified atom stereocenters. The first-order valence-corrected chi connectivity index (χ1v) is 13.4. The number of carbonyl (C=O) groups is 1. The van der Waals surface area contributed by atoms with Crippen LogP contribution >= 0.6 is 23.1 Å². The van der Waals surface area contributed by atoms with Crippen LogP contribution in [0.2, 0.25) is 0 Å². The second kappa shape index (κ2) is 11.5. The molecule has 0 radical (unpaired) electrons. The van der Waals surface area contributed by atoms with E-state index >= 15 is 0 Å². The van der Waals surface area contributed by atoms with Crippen LogP contribution in [0, 0.1) is 13.8 Å². The van der Waals surface area contributed by atoms with Gasteiger partial charge in [-0.15, -0.1) is 33.3 Å². The van der Waals surface area contributed by atoms with E-state index in [2.05, 4.69) is 45.0 Å². The van der Waals surface area contributed by atoms with Gasteiger partial charge < -0.3 is 5.32 Å². The van der Waals surface area contributed by atoms with Gasteiger partial charge >= 0.3 is 6.18 Å². The lowest BCUT2D eigenvalue weighted by Gasteiger charge is -2.18. The summed E-state index contributed by atoms with van der Waals surface area (Å²) in [5.74, 6) is 0.226. The molecule has 0 saturated heterocycles. The highest BCUT2D eigenvalue weighted by Gasteiger charge is 2.30. The highest BCUT2D eigenvalue weighted by Crippen LogP contribution is 2.43. The molecule has 37 heavy (non-hydrogen) atoms. The number of hydrogen-bond donors (Lipinski definition) is 2. The molecule has 4 aromatic rings. The summed E-state index contributed by atoms with van der Waals surface area (Å²) in [5.41, 5.74) is 3.07. The minimum Gasteiger partial charge on any atom is -0.344 e. The van der Waals surface area contributed by atoms with Gasteiger partial charge in [-0.25, -0.2) is 0 Å². The van der Waals surface area contributed by atoms with Gasteiger partial charge in [-0.3, -0.25) is 4.79 Å². The highest BCUT2D eigenvalue weighted by molar-refractivity contribution is 7.99. The Kier molecular flexibility index (Phi) is 8.33. The Balaban J connectivity index is 1.50. The maximum atomic E-state index is 13.0. The van der Waals surface area contributed by atoms with Crippen molar-refractivity contribution in [2.75, 3.05) is 0 Å². The van der Waals surface area contributed by atoms with Gasteiger partial charge in [0, 0.05) is 15.0 Å². The van der Waals surface area contributed by atoms with Gasteiger partial charge in [0.25, 0.3) is 5.91 Å². The molecule has 11 heteroatoms. The van der Waals surface area contributed by atoms with Gasteiger partial charge in [-0.05, 0) is 78.9 Å². The molecule has 2 aromatic heterocycles. The van der Waals surface area contributed by atoms with E-state index in [0.717, 1.165) is 57.0 Å². The molecule has 1 atom stereocenters. The molecule has 0 aliphatic rings. The van der Waals surface area contributed by atoms with E-state index in [1.54, 1.807) is 11.8 Å². The second-order valence-electron chi connectivity index (χ2n) is 8.62. The van der Waals surface area contributed by atoms with Gasteiger partial charge in [0.05, 0.1) is 17.0 Å². The number of hydrogen-bond acceptors (Lipinski definition) is 6. The standard InChI is InChI=1S/C26H26F3N5OS2/c1-4-5-20(21-10-11-22(37-21)25(35)30-14-23-31-33-34-32-23)36-19-12-15(2)24(16(3)13-19)17-6-8-18(9-7-17)26(27,28)29/h6-13,20H,4-5,14H2,1-3H3,(H,30,35)(H,31,32,33,34)/t20-/m0/s1. The van der Waals surface area contributed by atoms with E-state index < -0.39 is 11.7 Å². The predicted octanol–water partition coefficient (Wildman–Crippen LogP) is 7.13. The number of tetrazole rings is 1. The van der Waals surface area contributed by atoms with Crippen molar-refractivity contribution in [1.29, 1.82) is 0 Å². The molecule has 2 heterocycles. The van der Waals surface area contributed by atoms with Crippen molar-refractivity contribution in [2.24, 2.45) is 0 Å². The monoisotopic (exact) mass is 545 g/mol. The van der Waals surface area contributed by atoms with E-state index in [4.69, 9.17) is 0 Å². The maximum Gasteiger partial charge on any atom is 0.416 e. The molecule has 0 bridgehead atoms. The van der Waals surface area contributed by atoms with Crippen molar-refractivity contribution in [2.45, 2.75) is 56.5 Å². The van der Waals surface area contributed by atoms with Crippen molar-refractivity contribution in [3.63, 3.8) is 0 Å². The number of rotatable bonds is 9. The van der Waals surface area contributed by atoms with E-state index in [1.807, 2.05) is 26.0 Å². The van der Waals surface area contributed by atoms with Crippen LogP contribution in [0.3, 0.4) is 0 Å². The fraction of sp³-hybridized carbons (Fsp3) is 0.308. The Labute approximate surface area is 221 Å². The third kappa shape index (κ3) is 6.58. The summed E-state index contributed by atoms with van der Waals surface area (Å²) in [5, 5.41) is 16.5. The number of thioether (sulfide) groups is 1. The minimum atomic E-state index is -4.35. The SMILES string of the molecule is CCC[C@H](Sc1cc(C)c(-c2ccc(C(F)(F)F)cc2)c(C)c1)c1ccc(C(=O)NCc2nn[nH]n2)s1. The molecule has 194 valence electrons. The largest absolute Gasteiger partial charge is 0.416 e. The molecule has 2 aromatic carbocycles. The number of alkyl halides is 3. The first-order chi connectivity index (χ1) is 17.7. The minimum absolute atomic E-state index is 0.171. The zero-order valence-electron chi connectivity index (χ0n) is 20.5. The van der Waals surface area contributed by atoms with Crippen LogP contribution in [0.5, 0.6) is 0 Å². The summed E-state index contributed by atoms with van der Waals surface area (Å²) in [7, 11) is 0. The fourth-order valence-electron chi connectivity index (χ4n) is 4.11. The molecule has 0 spiro atoms. The number of aromatic nitrogens is 4. The first-order valence-electron chi connectivity index (χ1n) is 11.7. The number of aryl methyl sites for hydroxylation is 2. The third-order valence-electron chi connectivity index (χ3n) is 5.80. The topological polar surface area (TPSA) is 83.6 Å². The summed E-state index contributed by atoms with van der Waals surface area (Å²) in [6, 6.07) is 13.3.